The van der Waals surface area contributed by atoms with Crippen molar-refractivity contribution in [3.8, 4) is 0 Å². The second kappa shape index (κ2) is 5.99. The van der Waals surface area contributed by atoms with Crippen molar-refractivity contribution >= 4 is 5.91 Å². The summed E-state index contributed by atoms with van der Waals surface area (Å²) >= 11 is 0. The average molecular weight is 311 g/mol. The van der Waals surface area contributed by atoms with E-state index in [0.29, 0.717) is 19.0 Å². The maximum atomic E-state index is 12.6. The molecule has 120 valence electrons. The lowest BCUT2D eigenvalue weighted by Gasteiger charge is -2.25. The molecule has 1 aromatic carbocycles. The van der Waals surface area contributed by atoms with Crippen LogP contribution < -0.4 is 5.69 Å². The number of carbonyl (C=O) groups is 1. The predicted molar refractivity (Wildman–Crippen MR) is 88.0 cm³/mol. The van der Waals surface area contributed by atoms with Gasteiger partial charge in [0.1, 0.15) is 6.54 Å². The predicted octanol–water partition coefficient (Wildman–Crippen LogP) is 1.90. The van der Waals surface area contributed by atoms with Gasteiger partial charge in [0.25, 0.3) is 0 Å². The fourth-order valence-corrected chi connectivity index (χ4v) is 3.32. The van der Waals surface area contributed by atoms with E-state index in [-0.39, 0.29) is 23.6 Å². The van der Waals surface area contributed by atoms with Crippen molar-refractivity contribution in [2.24, 2.45) is 5.41 Å². The topological polar surface area (TPSA) is 55.2 Å². The molecule has 1 aliphatic heterocycles. The molecule has 0 radical (unpaired) electrons. The number of hydrogen-bond acceptors (Lipinski definition) is 3. The first kappa shape index (κ1) is 15.5. The van der Waals surface area contributed by atoms with E-state index in [1.54, 1.807) is 12.3 Å². The number of carbonyl (C=O) groups excluding carboxylic acids is 1. The second-order valence-corrected chi connectivity index (χ2v) is 6.76. The normalized spacial score (nSPS) is 19.7. The van der Waals surface area contributed by atoms with Gasteiger partial charge in [0.2, 0.25) is 5.91 Å². The van der Waals surface area contributed by atoms with Crippen LogP contribution in [-0.2, 0) is 11.3 Å². The number of nitrogens with zero attached hydrogens (tertiary/aromatic N) is 3. The first-order chi connectivity index (χ1) is 11.0. The minimum absolute atomic E-state index is 0.0108. The van der Waals surface area contributed by atoms with Crippen molar-refractivity contribution in [3.05, 3.63) is 64.8 Å². The van der Waals surface area contributed by atoms with Gasteiger partial charge >= 0.3 is 5.69 Å². The molecule has 1 unspecified atom stereocenters. The Labute approximate surface area is 135 Å². The number of benzene rings is 1. The molecule has 0 N–H and O–H groups in total. The van der Waals surface area contributed by atoms with Crippen molar-refractivity contribution in [1.29, 1.82) is 0 Å². The number of aromatic nitrogens is 2. The van der Waals surface area contributed by atoms with Crippen LogP contribution in [0.2, 0.25) is 0 Å². The van der Waals surface area contributed by atoms with Crippen LogP contribution >= 0.6 is 0 Å². The van der Waals surface area contributed by atoms with E-state index < -0.39 is 0 Å². The Morgan fingerprint density at radius 3 is 2.70 bits per heavy atom. The van der Waals surface area contributed by atoms with E-state index >= 15 is 0 Å². The molecular weight excluding hydrogens is 290 g/mol. The van der Waals surface area contributed by atoms with Gasteiger partial charge in [0, 0.05) is 31.4 Å². The molecule has 1 fully saturated rings. The summed E-state index contributed by atoms with van der Waals surface area (Å²) in [4.78, 5) is 29.8. The zero-order valence-corrected chi connectivity index (χ0v) is 13.5. The molecule has 1 aliphatic rings. The second-order valence-electron chi connectivity index (χ2n) is 6.76. The summed E-state index contributed by atoms with van der Waals surface area (Å²) < 4.78 is 1.35. The van der Waals surface area contributed by atoms with Crippen LogP contribution in [0, 0.1) is 5.41 Å². The summed E-state index contributed by atoms with van der Waals surface area (Å²) in [6, 6.07) is 12.0. The maximum absolute atomic E-state index is 12.6. The molecule has 5 nitrogen and oxygen atoms in total. The van der Waals surface area contributed by atoms with Gasteiger partial charge in [-0.25, -0.2) is 9.78 Å². The Morgan fingerprint density at radius 1 is 1.26 bits per heavy atom. The van der Waals surface area contributed by atoms with Crippen LogP contribution in [0.5, 0.6) is 0 Å². The standard InChI is InChI=1S/C18H21N3O2/c1-18(2)13-21(11-15(18)14-7-4-3-5-8-14)16(22)12-20-10-6-9-19-17(20)23/h3-10,15H,11-13H2,1-2H3. The van der Waals surface area contributed by atoms with Gasteiger partial charge in [0.05, 0.1) is 0 Å². The smallest absolute Gasteiger partial charge is 0.340 e. The molecule has 0 spiro atoms. The Hall–Kier alpha value is -2.43. The van der Waals surface area contributed by atoms with Gasteiger partial charge < -0.3 is 4.90 Å². The third-order valence-corrected chi connectivity index (χ3v) is 4.59. The molecule has 0 bridgehead atoms. The van der Waals surface area contributed by atoms with Gasteiger partial charge in [-0.05, 0) is 17.0 Å². The lowest BCUT2D eigenvalue weighted by Crippen LogP contribution is -2.36. The molecule has 0 aliphatic carbocycles. The highest BCUT2D eigenvalue weighted by molar-refractivity contribution is 5.76. The van der Waals surface area contributed by atoms with Crippen molar-refractivity contribution in [1.82, 2.24) is 14.5 Å². The first-order valence-corrected chi connectivity index (χ1v) is 7.81. The fourth-order valence-electron chi connectivity index (χ4n) is 3.32. The van der Waals surface area contributed by atoms with Gasteiger partial charge in [0.15, 0.2) is 0 Å². The third kappa shape index (κ3) is 3.18. The zero-order chi connectivity index (χ0) is 16.4. The van der Waals surface area contributed by atoms with Gasteiger partial charge in [-0.3, -0.25) is 9.36 Å². The number of hydrogen-bond donors (Lipinski definition) is 0. The molecule has 2 heterocycles. The summed E-state index contributed by atoms with van der Waals surface area (Å²) in [5, 5.41) is 0. The van der Waals surface area contributed by atoms with Gasteiger partial charge in [-0.1, -0.05) is 44.2 Å². The van der Waals surface area contributed by atoms with Crippen LogP contribution in [0.25, 0.3) is 0 Å². The molecule has 1 aromatic heterocycles. The number of rotatable bonds is 3. The van der Waals surface area contributed by atoms with Crippen molar-refractivity contribution in [3.63, 3.8) is 0 Å². The average Bonchev–Trinajstić information content (AvgIpc) is 2.86. The number of likely N-dealkylation sites (tertiary alicyclic amines) is 1. The zero-order valence-electron chi connectivity index (χ0n) is 13.5. The third-order valence-electron chi connectivity index (χ3n) is 4.59. The summed E-state index contributed by atoms with van der Waals surface area (Å²) in [7, 11) is 0. The monoisotopic (exact) mass is 311 g/mol. The van der Waals surface area contributed by atoms with Crippen LogP contribution in [0.4, 0.5) is 0 Å². The lowest BCUT2D eigenvalue weighted by molar-refractivity contribution is -0.131. The summed E-state index contributed by atoms with van der Waals surface area (Å²) in [5.41, 5.74) is 0.877. The van der Waals surface area contributed by atoms with E-state index in [9.17, 15) is 9.59 Å². The van der Waals surface area contributed by atoms with Crippen molar-refractivity contribution in [2.75, 3.05) is 13.1 Å². The van der Waals surface area contributed by atoms with Crippen molar-refractivity contribution < 1.29 is 4.79 Å². The van der Waals surface area contributed by atoms with Crippen molar-refractivity contribution in [2.45, 2.75) is 26.3 Å². The Morgan fingerprint density at radius 2 is 2.00 bits per heavy atom. The van der Waals surface area contributed by atoms with E-state index in [1.807, 2.05) is 23.1 Å². The minimum atomic E-state index is -0.390. The van der Waals surface area contributed by atoms with E-state index in [0.717, 1.165) is 0 Å². The highest BCUT2D eigenvalue weighted by atomic mass is 16.2. The molecule has 1 amide bonds. The molecular formula is C18H21N3O2. The first-order valence-electron chi connectivity index (χ1n) is 7.81. The molecule has 1 atom stereocenters. The summed E-state index contributed by atoms with van der Waals surface area (Å²) in [5.74, 6) is 0.268. The van der Waals surface area contributed by atoms with Crippen LogP contribution in [0.1, 0.15) is 25.3 Å². The Kier molecular flexibility index (Phi) is 4.03. The fraction of sp³-hybridized carbons (Fsp3) is 0.389. The molecule has 3 rings (SSSR count). The maximum Gasteiger partial charge on any atom is 0.347 e. The van der Waals surface area contributed by atoms with Crippen LogP contribution in [-0.4, -0.2) is 33.4 Å². The SMILES string of the molecule is CC1(C)CN(C(=O)Cn2cccnc2=O)CC1c1ccccc1. The largest absolute Gasteiger partial charge is 0.347 e. The van der Waals surface area contributed by atoms with E-state index in [1.165, 1.54) is 16.3 Å². The summed E-state index contributed by atoms with van der Waals surface area (Å²) in [6.07, 6.45) is 3.04. The molecule has 5 heteroatoms. The molecule has 1 saturated heterocycles. The Balaban J connectivity index is 1.76. The Bertz CT molecular complexity index is 752. The molecule has 2 aromatic rings. The lowest BCUT2D eigenvalue weighted by atomic mass is 9.78. The molecule has 23 heavy (non-hydrogen) atoms. The van der Waals surface area contributed by atoms with Gasteiger partial charge in [-0.2, -0.15) is 0 Å². The van der Waals surface area contributed by atoms with E-state index in [2.05, 4.69) is 31.0 Å². The summed E-state index contributed by atoms with van der Waals surface area (Å²) in [6.45, 7) is 5.80. The van der Waals surface area contributed by atoms with Crippen LogP contribution in [0.15, 0.2) is 53.6 Å². The highest BCUT2D eigenvalue weighted by Crippen LogP contribution is 2.42. The minimum Gasteiger partial charge on any atom is -0.340 e. The van der Waals surface area contributed by atoms with Crippen LogP contribution in [0.3, 0.4) is 0 Å². The van der Waals surface area contributed by atoms with Gasteiger partial charge in [-0.15, -0.1) is 0 Å². The quantitative estimate of drug-likeness (QED) is 0.870. The van der Waals surface area contributed by atoms with E-state index in [4.69, 9.17) is 0 Å². The highest BCUT2D eigenvalue weighted by Gasteiger charge is 2.41. The number of amides is 1. The molecule has 0 saturated carbocycles.